The highest BCUT2D eigenvalue weighted by Crippen LogP contribution is 2.35. The lowest BCUT2D eigenvalue weighted by molar-refractivity contribution is 0.197. The number of nitrogens with one attached hydrogen (secondary N) is 1. The van der Waals surface area contributed by atoms with E-state index in [-0.39, 0.29) is 41.7 Å². The van der Waals surface area contributed by atoms with E-state index in [4.69, 9.17) is 11.6 Å². The minimum absolute atomic E-state index is 0. The van der Waals surface area contributed by atoms with Gasteiger partial charge >= 0.3 is 0 Å². The van der Waals surface area contributed by atoms with Crippen LogP contribution in [0.15, 0.2) is 35.7 Å². The van der Waals surface area contributed by atoms with Gasteiger partial charge in [-0.05, 0) is 17.5 Å². The minimum atomic E-state index is -0.300. The molecule has 1 fully saturated rings. The minimum Gasteiger partial charge on any atom is -0.314 e. The molecule has 0 spiro atoms. The molecule has 22 heavy (non-hydrogen) atoms. The second-order valence-corrected chi connectivity index (χ2v) is 6.23. The molecule has 2 aromatic rings. The van der Waals surface area contributed by atoms with E-state index in [1.165, 1.54) is 0 Å². The maximum Gasteiger partial charge on any atom is 0.146 e. The summed E-state index contributed by atoms with van der Waals surface area (Å²) in [5, 5.41) is 5.56. The Labute approximate surface area is 151 Å². The van der Waals surface area contributed by atoms with Gasteiger partial charge in [0.2, 0.25) is 0 Å². The maximum absolute atomic E-state index is 14.4. The first-order valence-electron chi connectivity index (χ1n) is 6.69. The van der Waals surface area contributed by atoms with Gasteiger partial charge in [-0.2, -0.15) is 0 Å². The fourth-order valence-corrected chi connectivity index (χ4v) is 3.71. The Balaban J connectivity index is 0.00000121. The molecule has 3 rings (SSSR count). The van der Waals surface area contributed by atoms with E-state index in [0.717, 1.165) is 31.1 Å². The molecular formula is C15H18Cl3FN2S. The number of hydrogen-bond donors (Lipinski definition) is 1. The highest BCUT2D eigenvalue weighted by atomic mass is 35.5. The van der Waals surface area contributed by atoms with Crippen molar-refractivity contribution in [1.82, 2.24) is 10.2 Å². The first-order chi connectivity index (χ1) is 9.77. The fraction of sp³-hybridized carbons (Fsp3) is 0.333. The zero-order valence-corrected chi connectivity index (χ0v) is 15.0. The number of rotatable bonds is 3. The van der Waals surface area contributed by atoms with Gasteiger partial charge in [-0.1, -0.05) is 29.8 Å². The van der Waals surface area contributed by atoms with Crippen LogP contribution in [-0.2, 0) is 0 Å². The third-order valence-corrected chi connectivity index (χ3v) is 4.82. The quantitative estimate of drug-likeness (QED) is 0.846. The predicted molar refractivity (Wildman–Crippen MR) is 96.5 cm³/mol. The van der Waals surface area contributed by atoms with Crippen LogP contribution in [-0.4, -0.2) is 31.1 Å². The molecule has 0 radical (unpaired) electrons. The van der Waals surface area contributed by atoms with Crippen molar-refractivity contribution in [1.29, 1.82) is 0 Å². The molecule has 0 aliphatic carbocycles. The molecule has 1 saturated heterocycles. The van der Waals surface area contributed by atoms with Crippen LogP contribution in [0, 0.1) is 5.82 Å². The summed E-state index contributed by atoms with van der Waals surface area (Å²) in [4.78, 5) is 3.48. The summed E-state index contributed by atoms with van der Waals surface area (Å²) in [5.74, 6) is -0.300. The number of benzene rings is 1. The van der Waals surface area contributed by atoms with Crippen molar-refractivity contribution in [3.05, 3.63) is 57.0 Å². The van der Waals surface area contributed by atoms with Crippen molar-refractivity contribution < 1.29 is 4.39 Å². The van der Waals surface area contributed by atoms with Gasteiger partial charge in [0.25, 0.3) is 0 Å². The van der Waals surface area contributed by atoms with E-state index < -0.39 is 0 Å². The van der Waals surface area contributed by atoms with Crippen molar-refractivity contribution in [2.45, 2.75) is 6.04 Å². The standard InChI is InChI=1S/C15H16ClFN2S.2ClH/c16-12-4-1-3-11(14(12)17)15(13-5-2-10-20-13)19-8-6-18-7-9-19;;/h1-5,10,15,18H,6-9H2;2*1H/t15-;;/m0../s1. The summed E-state index contributed by atoms with van der Waals surface area (Å²) >= 11 is 7.62. The highest BCUT2D eigenvalue weighted by Gasteiger charge is 2.27. The molecule has 1 aliphatic rings. The van der Waals surface area contributed by atoms with Gasteiger partial charge in [0.1, 0.15) is 5.82 Å². The van der Waals surface area contributed by atoms with Gasteiger partial charge in [0.05, 0.1) is 11.1 Å². The molecule has 122 valence electrons. The Morgan fingerprint density at radius 1 is 1.14 bits per heavy atom. The first kappa shape index (κ1) is 19.7. The maximum atomic E-state index is 14.4. The third-order valence-electron chi connectivity index (χ3n) is 3.61. The third kappa shape index (κ3) is 4.13. The molecule has 0 amide bonds. The zero-order valence-electron chi connectivity index (χ0n) is 11.8. The number of halogens is 4. The Kier molecular flexibility index (Phi) is 8.11. The Bertz CT molecular complexity index is 574. The Morgan fingerprint density at radius 2 is 1.86 bits per heavy atom. The molecule has 2 heterocycles. The SMILES string of the molecule is Cl.Cl.Fc1c(Cl)cccc1[C@@H](c1cccs1)N1CCNCC1. The number of nitrogens with zero attached hydrogens (tertiary/aromatic N) is 1. The molecule has 1 aromatic heterocycles. The van der Waals surface area contributed by atoms with Gasteiger partial charge in [-0.15, -0.1) is 36.2 Å². The van der Waals surface area contributed by atoms with Crippen LogP contribution in [0.3, 0.4) is 0 Å². The molecule has 1 aliphatic heterocycles. The summed E-state index contributed by atoms with van der Waals surface area (Å²) in [6.07, 6.45) is 0. The lowest BCUT2D eigenvalue weighted by Gasteiger charge is -2.35. The number of piperazine rings is 1. The van der Waals surface area contributed by atoms with Crippen LogP contribution < -0.4 is 5.32 Å². The van der Waals surface area contributed by atoms with Crippen molar-refractivity contribution in [2.75, 3.05) is 26.2 Å². The highest BCUT2D eigenvalue weighted by molar-refractivity contribution is 7.10. The van der Waals surface area contributed by atoms with Crippen LogP contribution in [0.25, 0.3) is 0 Å². The molecular weight excluding hydrogens is 366 g/mol. The second-order valence-electron chi connectivity index (χ2n) is 4.85. The predicted octanol–water partition coefficient (Wildman–Crippen LogP) is 4.38. The Morgan fingerprint density at radius 3 is 2.50 bits per heavy atom. The molecule has 0 bridgehead atoms. The summed E-state index contributed by atoms with van der Waals surface area (Å²) in [6, 6.07) is 9.30. The fourth-order valence-electron chi connectivity index (χ4n) is 2.65. The van der Waals surface area contributed by atoms with Gasteiger partial charge in [0, 0.05) is 36.6 Å². The van der Waals surface area contributed by atoms with Crippen molar-refractivity contribution >= 4 is 47.8 Å². The van der Waals surface area contributed by atoms with Crippen molar-refractivity contribution in [2.24, 2.45) is 0 Å². The molecule has 1 atom stereocenters. The van der Waals surface area contributed by atoms with Crippen LogP contribution in [0.2, 0.25) is 5.02 Å². The van der Waals surface area contributed by atoms with Gasteiger partial charge < -0.3 is 5.32 Å². The number of hydrogen-bond acceptors (Lipinski definition) is 3. The van der Waals surface area contributed by atoms with E-state index in [2.05, 4.69) is 16.3 Å². The van der Waals surface area contributed by atoms with Gasteiger partial charge in [-0.25, -0.2) is 4.39 Å². The summed E-state index contributed by atoms with van der Waals surface area (Å²) in [6.45, 7) is 3.69. The van der Waals surface area contributed by atoms with Crippen LogP contribution in [0.4, 0.5) is 4.39 Å². The summed E-state index contributed by atoms with van der Waals surface area (Å²) in [7, 11) is 0. The molecule has 1 aromatic carbocycles. The molecule has 7 heteroatoms. The van der Waals surface area contributed by atoms with Gasteiger partial charge in [0.15, 0.2) is 0 Å². The van der Waals surface area contributed by atoms with E-state index in [0.29, 0.717) is 5.56 Å². The van der Waals surface area contributed by atoms with Crippen LogP contribution in [0.5, 0.6) is 0 Å². The van der Waals surface area contributed by atoms with E-state index in [1.807, 2.05) is 23.6 Å². The van der Waals surface area contributed by atoms with Crippen LogP contribution >= 0.6 is 47.8 Å². The smallest absolute Gasteiger partial charge is 0.146 e. The molecule has 0 saturated carbocycles. The number of thiophene rings is 1. The summed E-state index contributed by atoms with van der Waals surface area (Å²) in [5.41, 5.74) is 0.668. The molecule has 1 N–H and O–H groups in total. The average Bonchev–Trinajstić information content (AvgIpc) is 2.99. The van der Waals surface area contributed by atoms with Crippen molar-refractivity contribution in [3.63, 3.8) is 0 Å². The van der Waals surface area contributed by atoms with E-state index in [1.54, 1.807) is 17.4 Å². The summed E-state index contributed by atoms with van der Waals surface area (Å²) < 4.78 is 14.4. The van der Waals surface area contributed by atoms with Gasteiger partial charge in [-0.3, -0.25) is 4.90 Å². The van der Waals surface area contributed by atoms with Crippen LogP contribution in [0.1, 0.15) is 16.5 Å². The molecule has 0 unspecified atom stereocenters. The Hall–Kier alpha value is -0.360. The van der Waals surface area contributed by atoms with Crippen molar-refractivity contribution in [3.8, 4) is 0 Å². The lowest BCUT2D eigenvalue weighted by Crippen LogP contribution is -2.45. The van der Waals surface area contributed by atoms with E-state index >= 15 is 0 Å². The first-order valence-corrected chi connectivity index (χ1v) is 7.95. The largest absolute Gasteiger partial charge is 0.314 e. The topological polar surface area (TPSA) is 15.3 Å². The monoisotopic (exact) mass is 382 g/mol. The zero-order chi connectivity index (χ0) is 13.9. The van der Waals surface area contributed by atoms with E-state index in [9.17, 15) is 4.39 Å². The average molecular weight is 384 g/mol. The normalized spacial score (nSPS) is 16.5. The molecule has 2 nitrogen and oxygen atoms in total. The second kappa shape index (κ2) is 9.06. The lowest BCUT2D eigenvalue weighted by atomic mass is 10.0.